The average Bonchev–Trinajstić information content (AvgIpc) is 2.47. The van der Waals surface area contributed by atoms with E-state index < -0.39 is 0 Å². The molecule has 0 aromatic heterocycles. The predicted octanol–water partition coefficient (Wildman–Crippen LogP) is 2.58. The molecule has 4 heteroatoms. The lowest BCUT2D eigenvalue weighted by Gasteiger charge is -2.07. The molecule has 0 fully saturated rings. The number of hydrogen-bond acceptors (Lipinski definition) is 3. The number of carbonyl (C=O) groups excluding carboxylic acids is 1. The highest BCUT2D eigenvalue weighted by atomic mass is 16.5. The normalized spacial score (nSPS) is 9.42. The molecule has 2 rings (SSSR count). The summed E-state index contributed by atoms with van der Waals surface area (Å²) in [4.78, 5) is 11.6. The SMILES string of the molecule is N#Cc1ccc(OCC(=O)Nc2ccccc2)cc1. The van der Waals surface area contributed by atoms with E-state index in [2.05, 4.69) is 5.32 Å². The van der Waals surface area contributed by atoms with Crippen molar-refractivity contribution in [3.63, 3.8) is 0 Å². The minimum Gasteiger partial charge on any atom is -0.484 e. The molecular weight excluding hydrogens is 240 g/mol. The first-order valence-electron chi connectivity index (χ1n) is 5.76. The minimum absolute atomic E-state index is 0.0687. The van der Waals surface area contributed by atoms with E-state index in [1.165, 1.54) is 0 Å². The van der Waals surface area contributed by atoms with E-state index in [0.717, 1.165) is 5.69 Å². The third-order valence-electron chi connectivity index (χ3n) is 2.41. The van der Waals surface area contributed by atoms with Gasteiger partial charge in [-0.05, 0) is 36.4 Å². The van der Waals surface area contributed by atoms with Crippen molar-refractivity contribution in [1.29, 1.82) is 5.26 Å². The number of carbonyl (C=O) groups is 1. The highest BCUT2D eigenvalue weighted by Gasteiger charge is 2.03. The summed E-state index contributed by atoms with van der Waals surface area (Å²) < 4.78 is 5.32. The van der Waals surface area contributed by atoms with Crippen LogP contribution in [0.3, 0.4) is 0 Å². The third-order valence-corrected chi connectivity index (χ3v) is 2.41. The molecular formula is C15H12N2O2. The molecule has 0 spiro atoms. The maximum absolute atomic E-state index is 11.6. The van der Waals surface area contributed by atoms with Crippen LogP contribution in [0.15, 0.2) is 54.6 Å². The summed E-state index contributed by atoms with van der Waals surface area (Å²) in [6.07, 6.45) is 0. The Morgan fingerprint density at radius 2 is 1.79 bits per heavy atom. The number of nitrogens with zero attached hydrogens (tertiary/aromatic N) is 1. The van der Waals surface area contributed by atoms with E-state index in [4.69, 9.17) is 10.00 Å². The predicted molar refractivity (Wildman–Crippen MR) is 71.7 cm³/mol. The fraction of sp³-hybridized carbons (Fsp3) is 0.0667. The van der Waals surface area contributed by atoms with Gasteiger partial charge in [0.2, 0.25) is 0 Å². The number of nitrogens with one attached hydrogen (secondary N) is 1. The molecule has 1 amide bonds. The van der Waals surface area contributed by atoms with Crippen LogP contribution in [0.2, 0.25) is 0 Å². The van der Waals surface area contributed by atoms with Crippen LogP contribution in [0.5, 0.6) is 5.75 Å². The quantitative estimate of drug-likeness (QED) is 0.909. The molecule has 0 unspecified atom stereocenters. The van der Waals surface area contributed by atoms with E-state index in [0.29, 0.717) is 11.3 Å². The Balaban J connectivity index is 1.85. The first-order chi connectivity index (χ1) is 9.28. The monoisotopic (exact) mass is 252 g/mol. The molecule has 2 aromatic rings. The fourth-order valence-corrected chi connectivity index (χ4v) is 1.49. The fourth-order valence-electron chi connectivity index (χ4n) is 1.49. The van der Waals surface area contributed by atoms with Gasteiger partial charge in [0.25, 0.3) is 5.91 Å². The van der Waals surface area contributed by atoms with Crippen molar-refractivity contribution < 1.29 is 9.53 Å². The lowest BCUT2D eigenvalue weighted by molar-refractivity contribution is -0.118. The van der Waals surface area contributed by atoms with E-state index in [-0.39, 0.29) is 12.5 Å². The number of para-hydroxylation sites is 1. The van der Waals surface area contributed by atoms with Crippen LogP contribution in [-0.4, -0.2) is 12.5 Å². The van der Waals surface area contributed by atoms with Gasteiger partial charge in [0, 0.05) is 5.69 Å². The highest BCUT2D eigenvalue weighted by Crippen LogP contribution is 2.11. The van der Waals surface area contributed by atoms with Crippen molar-refractivity contribution in [2.45, 2.75) is 0 Å². The zero-order chi connectivity index (χ0) is 13.5. The number of nitriles is 1. The Kier molecular flexibility index (Phi) is 4.14. The van der Waals surface area contributed by atoms with Crippen LogP contribution in [0.25, 0.3) is 0 Å². The van der Waals surface area contributed by atoms with Crippen molar-refractivity contribution in [2.24, 2.45) is 0 Å². The van der Waals surface area contributed by atoms with Crippen LogP contribution in [0, 0.1) is 11.3 Å². The molecule has 19 heavy (non-hydrogen) atoms. The summed E-state index contributed by atoms with van der Waals surface area (Å²) in [6, 6.07) is 17.8. The van der Waals surface area contributed by atoms with Crippen molar-refractivity contribution in [2.75, 3.05) is 11.9 Å². The molecule has 0 saturated heterocycles. The molecule has 0 bridgehead atoms. The van der Waals surface area contributed by atoms with Gasteiger partial charge in [-0.3, -0.25) is 4.79 Å². The summed E-state index contributed by atoms with van der Waals surface area (Å²) in [5, 5.41) is 11.4. The van der Waals surface area contributed by atoms with Crippen LogP contribution in [0.4, 0.5) is 5.69 Å². The van der Waals surface area contributed by atoms with E-state index in [1.807, 2.05) is 24.3 Å². The van der Waals surface area contributed by atoms with E-state index in [1.54, 1.807) is 36.4 Å². The van der Waals surface area contributed by atoms with E-state index in [9.17, 15) is 4.79 Å². The van der Waals surface area contributed by atoms with Crippen molar-refractivity contribution >= 4 is 11.6 Å². The second-order valence-corrected chi connectivity index (χ2v) is 3.84. The van der Waals surface area contributed by atoms with Crippen molar-refractivity contribution in [3.05, 3.63) is 60.2 Å². The molecule has 4 nitrogen and oxygen atoms in total. The molecule has 0 radical (unpaired) electrons. The Morgan fingerprint density at radius 1 is 1.11 bits per heavy atom. The number of benzene rings is 2. The van der Waals surface area contributed by atoms with Crippen LogP contribution in [-0.2, 0) is 4.79 Å². The molecule has 0 aliphatic carbocycles. The first kappa shape index (κ1) is 12.7. The van der Waals surface area contributed by atoms with Gasteiger partial charge >= 0.3 is 0 Å². The van der Waals surface area contributed by atoms with E-state index >= 15 is 0 Å². The standard InChI is InChI=1S/C15H12N2O2/c16-10-12-6-8-14(9-7-12)19-11-15(18)17-13-4-2-1-3-5-13/h1-9H,11H2,(H,17,18). The number of amides is 1. The summed E-state index contributed by atoms with van der Waals surface area (Å²) in [6.45, 7) is -0.0687. The summed E-state index contributed by atoms with van der Waals surface area (Å²) in [7, 11) is 0. The lowest BCUT2D eigenvalue weighted by atomic mass is 10.2. The minimum atomic E-state index is -0.226. The number of hydrogen-bond donors (Lipinski definition) is 1. The lowest BCUT2D eigenvalue weighted by Crippen LogP contribution is -2.20. The summed E-state index contributed by atoms with van der Waals surface area (Å²) >= 11 is 0. The van der Waals surface area contributed by atoms with Crippen LogP contribution in [0.1, 0.15) is 5.56 Å². The second kappa shape index (κ2) is 6.22. The summed E-state index contributed by atoms with van der Waals surface area (Å²) in [5.74, 6) is 0.331. The van der Waals surface area contributed by atoms with Gasteiger partial charge in [0.1, 0.15) is 5.75 Å². The number of anilines is 1. The third kappa shape index (κ3) is 3.86. The van der Waals surface area contributed by atoms with Gasteiger partial charge in [-0.25, -0.2) is 0 Å². The van der Waals surface area contributed by atoms with Crippen LogP contribution >= 0.6 is 0 Å². The zero-order valence-electron chi connectivity index (χ0n) is 10.2. The van der Waals surface area contributed by atoms with Gasteiger partial charge in [-0.15, -0.1) is 0 Å². The Bertz CT molecular complexity index is 586. The Labute approximate surface area is 111 Å². The largest absolute Gasteiger partial charge is 0.484 e. The van der Waals surface area contributed by atoms with Crippen molar-refractivity contribution in [3.8, 4) is 11.8 Å². The molecule has 2 aromatic carbocycles. The van der Waals surface area contributed by atoms with Gasteiger partial charge in [-0.2, -0.15) is 5.26 Å². The molecule has 0 heterocycles. The van der Waals surface area contributed by atoms with Crippen LogP contribution < -0.4 is 10.1 Å². The van der Waals surface area contributed by atoms with Crippen molar-refractivity contribution in [1.82, 2.24) is 0 Å². The number of rotatable bonds is 4. The first-order valence-corrected chi connectivity index (χ1v) is 5.76. The molecule has 94 valence electrons. The maximum Gasteiger partial charge on any atom is 0.262 e. The molecule has 0 aliphatic heterocycles. The second-order valence-electron chi connectivity index (χ2n) is 3.84. The van der Waals surface area contributed by atoms with Gasteiger partial charge in [0.15, 0.2) is 6.61 Å². The molecule has 0 saturated carbocycles. The Morgan fingerprint density at radius 3 is 2.42 bits per heavy atom. The zero-order valence-corrected chi connectivity index (χ0v) is 10.2. The van der Waals surface area contributed by atoms with Gasteiger partial charge in [-0.1, -0.05) is 18.2 Å². The van der Waals surface area contributed by atoms with Gasteiger partial charge < -0.3 is 10.1 Å². The smallest absolute Gasteiger partial charge is 0.262 e. The summed E-state index contributed by atoms with van der Waals surface area (Å²) in [5.41, 5.74) is 1.29. The molecule has 0 aliphatic rings. The average molecular weight is 252 g/mol. The highest BCUT2D eigenvalue weighted by molar-refractivity contribution is 5.91. The molecule has 0 atom stereocenters. The number of ether oxygens (including phenoxy) is 1. The maximum atomic E-state index is 11.6. The van der Waals surface area contributed by atoms with Gasteiger partial charge in [0.05, 0.1) is 11.6 Å². The topological polar surface area (TPSA) is 62.1 Å². The Hall–Kier alpha value is -2.80. The molecule has 1 N–H and O–H groups in total.